The minimum absolute atomic E-state index is 0.372. The Balaban J connectivity index is 2.07. The lowest BCUT2D eigenvalue weighted by atomic mass is 10.1. The third-order valence-electron chi connectivity index (χ3n) is 3.44. The Kier molecular flexibility index (Phi) is 6.42. The monoisotopic (exact) mass is 375 g/mol. The van der Waals surface area contributed by atoms with Gasteiger partial charge in [0.2, 0.25) is 5.91 Å². The first-order valence-corrected chi connectivity index (χ1v) is 9.37. The average molecular weight is 375 g/mol. The highest BCUT2D eigenvalue weighted by Gasteiger charge is 2.23. The number of urea groups is 1. The molecular formula is C18H25N5O2S. The summed E-state index contributed by atoms with van der Waals surface area (Å²) < 4.78 is 1.96. The van der Waals surface area contributed by atoms with Crippen LogP contribution in [0.5, 0.6) is 0 Å². The second-order valence-corrected chi connectivity index (χ2v) is 8.18. The van der Waals surface area contributed by atoms with Gasteiger partial charge >= 0.3 is 6.03 Å². The number of hydrogen-bond acceptors (Lipinski definition) is 5. The Bertz CT molecular complexity index is 768. The first-order valence-electron chi connectivity index (χ1n) is 8.49. The molecule has 0 aliphatic rings. The predicted octanol–water partition coefficient (Wildman–Crippen LogP) is 3.07. The molecule has 0 radical (unpaired) electrons. The molecule has 140 valence electrons. The van der Waals surface area contributed by atoms with E-state index in [0.717, 1.165) is 11.4 Å². The zero-order valence-corrected chi connectivity index (χ0v) is 16.6. The molecule has 1 aromatic heterocycles. The minimum Gasteiger partial charge on any atom is -0.333 e. The van der Waals surface area contributed by atoms with E-state index in [-0.39, 0.29) is 5.91 Å². The summed E-state index contributed by atoms with van der Waals surface area (Å²) in [5.41, 5.74) is 0.559. The van der Waals surface area contributed by atoms with Crippen molar-refractivity contribution < 1.29 is 9.59 Å². The highest BCUT2D eigenvalue weighted by molar-refractivity contribution is 8.00. The van der Waals surface area contributed by atoms with Crippen molar-refractivity contribution >= 4 is 23.7 Å². The van der Waals surface area contributed by atoms with Crippen molar-refractivity contribution in [1.29, 1.82) is 0 Å². The number of thioether (sulfide) groups is 1. The quantitative estimate of drug-likeness (QED) is 0.784. The number of carbonyl (C=O) groups is 2. The van der Waals surface area contributed by atoms with Crippen LogP contribution in [-0.4, -0.2) is 37.5 Å². The van der Waals surface area contributed by atoms with Gasteiger partial charge in [-0.2, -0.15) is 0 Å². The normalized spacial score (nSPS) is 12.5. The molecule has 2 N–H and O–H groups in total. The van der Waals surface area contributed by atoms with Gasteiger partial charge in [0.05, 0.1) is 5.25 Å². The number of amides is 3. The van der Waals surface area contributed by atoms with Crippen molar-refractivity contribution in [2.75, 3.05) is 0 Å². The van der Waals surface area contributed by atoms with E-state index in [1.54, 1.807) is 6.92 Å². The van der Waals surface area contributed by atoms with Crippen LogP contribution in [0.4, 0.5) is 4.79 Å². The molecule has 0 saturated carbocycles. The van der Waals surface area contributed by atoms with Crippen LogP contribution in [0, 0.1) is 0 Å². The summed E-state index contributed by atoms with van der Waals surface area (Å²) in [5.74, 6) is 0.386. The van der Waals surface area contributed by atoms with Gasteiger partial charge in [0.25, 0.3) is 0 Å². The van der Waals surface area contributed by atoms with Gasteiger partial charge in [0, 0.05) is 17.6 Å². The van der Waals surface area contributed by atoms with Crippen LogP contribution < -0.4 is 10.6 Å². The highest BCUT2D eigenvalue weighted by atomic mass is 32.2. The van der Waals surface area contributed by atoms with Gasteiger partial charge in [0.15, 0.2) is 11.0 Å². The van der Waals surface area contributed by atoms with Crippen molar-refractivity contribution in [2.45, 2.75) is 57.1 Å². The molecule has 0 aliphatic carbocycles. The van der Waals surface area contributed by atoms with Gasteiger partial charge < -0.3 is 9.88 Å². The van der Waals surface area contributed by atoms with E-state index < -0.39 is 16.8 Å². The van der Waals surface area contributed by atoms with E-state index in [9.17, 15) is 9.59 Å². The molecule has 0 fully saturated rings. The Morgan fingerprint density at radius 1 is 1.19 bits per heavy atom. The Morgan fingerprint density at radius 2 is 1.85 bits per heavy atom. The van der Waals surface area contributed by atoms with Crippen LogP contribution in [-0.2, 0) is 11.3 Å². The summed E-state index contributed by atoms with van der Waals surface area (Å²) in [6, 6.07) is 9.27. The molecule has 7 nitrogen and oxygen atoms in total. The van der Waals surface area contributed by atoms with Crippen LogP contribution in [0.1, 0.15) is 34.6 Å². The van der Waals surface area contributed by atoms with Crippen molar-refractivity contribution in [3.63, 3.8) is 0 Å². The number of benzene rings is 1. The van der Waals surface area contributed by atoms with Gasteiger partial charge in [-0.25, -0.2) is 4.79 Å². The smallest absolute Gasteiger partial charge is 0.321 e. The lowest BCUT2D eigenvalue weighted by Gasteiger charge is -2.21. The standard InChI is InChI=1S/C18H25N5O2S/c1-6-23-14(13-10-8-7-9-11-13)21-22-17(23)26-12(2)15(24)19-16(25)20-18(3,4)5/h7-12H,6H2,1-5H3,(H2,19,20,24,25)/t12-/m1/s1. The van der Waals surface area contributed by atoms with Gasteiger partial charge in [-0.3, -0.25) is 10.1 Å². The Labute approximate surface area is 158 Å². The SMILES string of the molecule is CCn1c(S[C@H](C)C(=O)NC(=O)NC(C)(C)C)nnc1-c1ccccc1. The van der Waals surface area contributed by atoms with E-state index in [1.165, 1.54) is 11.8 Å². The number of hydrogen-bond donors (Lipinski definition) is 2. The maximum absolute atomic E-state index is 12.3. The van der Waals surface area contributed by atoms with Crippen molar-refractivity contribution in [3.8, 4) is 11.4 Å². The topological polar surface area (TPSA) is 88.9 Å². The van der Waals surface area contributed by atoms with E-state index in [0.29, 0.717) is 11.7 Å². The lowest BCUT2D eigenvalue weighted by Crippen LogP contribution is -2.49. The fraction of sp³-hybridized carbons (Fsp3) is 0.444. The summed E-state index contributed by atoms with van der Waals surface area (Å²) in [6.45, 7) is 9.97. The molecule has 0 spiro atoms. The number of aromatic nitrogens is 3. The van der Waals surface area contributed by atoms with Crippen LogP contribution in [0.3, 0.4) is 0 Å². The zero-order chi connectivity index (χ0) is 19.3. The second kappa shape index (κ2) is 8.35. The molecule has 0 bridgehead atoms. The van der Waals surface area contributed by atoms with E-state index >= 15 is 0 Å². The summed E-state index contributed by atoms with van der Waals surface area (Å²) >= 11 is 1.28. The van der Waals surface area contributed by atoms with Gasteiger partial charge in [-0.1, -0.05) is 42.1 Å². The van der Waals surface area contributed by atoms with Crippen molar-refractivity contribution in [2.24, 2.45) is 0 Å². The highest BCUT2D eigenvalue weighted by Crippen LogP contribution is 2.26. The fourth-order valence-corrected chi connectivity index (χ4v) is 3.17. The largest absolute Gasteiger partial charge is 0.333 e. The van der Waals surface area contributed by atoms with Crippen LogP contribution in [0.2, 0.25) is 0 Å². The summed E-state index contributed by atoms with van der Waals surface area (Å²) in [5, 5.41) is 13.7. The second-order valence-electron chi connectivity index (χ2n) is 6.87. The van der Waals surface area contributed by atoms with Gasteiger partial charge in [0.1, 0.15) is 0 Å². The van der Waals surface area contributed by atoms with Gasteiger partial charge in [-0.15, -0.1) is 10.2 Å². The maximum Gasteiger partial charge on any atom is 0.321 e. The van der Waals surface area contributed by atoms with E-state index in [1.807, 2.05) is 62.6 Å². The lowest BCUT2D eigenvalue weighted by molar-refractivity contribution is -0.119. The van der Waals surface area contributed by atoms with Crippen LogP contribution in [0.25, 0.3) is 11.4 Å². The molecule has 2 rings (SSSR count). The van der Waals surface area contributed by atoms with Gasteiger partial charge in [-0.05, 0) is 34.6 Å². The molecule has 0 aliphatic heterocycles. The Hall–Kier alpha value is -2.35. The van der Waals surface area contributed by atoms with Crippen LogP contribution in [0.15, 0.2) is 35.5 Å². The van der Waals surface area contributed by atoms with E-state index in [4.69, 9.17) is 0 Å². The summed E-state index contributed by atoms with van der Waals surface area (Å²) in [7, 11) is 0. The number of imide groups is 1. The third kappa shape index (κ3) is 5.32. The predicted molar refractivity (Wildman–Crippen MR) is 103 cm³/mol. The first kappa shape index (κ1) is 20.0. The number of nitrogens with zero attached hydrogens (tertiary/aromatic N) is 3. The summed E-state index contributed by atoms with van der Waals surface area (Å²) in [4.78, 5) is 24.1. The molecule has 26 heavy (non-hydrogen) atoms. The molecule has 1 heterocycles. The number of carbonyl (C=O) groups excluding carboxylic acids is 2. The first-order chi connectivity index (χ1) is 12.2. The van der Waals surface area contributed by atoms with Crippen molar-refractivity contribution in [3.05, 3.63) is 30.3 Å². The average Bonchev–Trinajstić information content (AvgIpc) is 2.96. The molecule has 2 aromatic rings. The Morgan fingerprint density at radius 3 is 2.42 bits per heavy atom. The molecule has 8 heteroatoms. The zero-order valence-electron chi connectivity index (χ0n) is 15.7. The minimum atomic E-state index is -0.503. The fourth-order valence-electron chi connectivity index (χ4n) is 2.26. The molecule has 3 amide bonds. The maximum atomic E-state index is 12.3. The molecule has 1 atom stereocenters. The molecule has 1 aromatic carbocycles. The third-order valence-corrected chi connectivity index (χ3v) is 4.52. The molecule has 0 unspecified atom stereocenters. The molecular weight excluding hydrogens is 350 g/mol. The number of rotatable bonds is 5. The van der Waals surface area contributed by atoms with Crippen molar-refractivity contribution in [1.82, 2.24) is 25.4 Å². The van der Waals surface area contributed by atoms with E-state index in [2.05, 4.69) is 20.8 Å². The molecule has 0 saturated heterocycles. The summed E-state index contributed by atoms with van der Waals surface area (Å²) in [6.07, 6.45) is 0. The number of nitrogens with one attached hydrogen (secondary N) is 2. The van der Waals surface area contributed by atoms with Crippen LogP contribution >= 0.6 is 11.8 Å².